The lowest BCUT2D eigenvalue weighted by atomic mass is 9.83. The fourth-order valence-corrected chi connectivity index (χ4v) is 5.98. The SMILES string of the molecule is C[C@H](NC(=O)[C@@H]1CCCN(C(=O)c2cccs2)C1)[C@H]1C[C@H]2CC[C@H]1C2. The fraction of sp³-hybridized carbons (Fsp3) is 0.700. The van der Waals surface area contributed by atoms with Crippen molar-refractivity contribution in [3.05, 3.63) is 22.4 Å². The van der Waals surface area contributed by atoms with Crippen LogP contribution in [0.3, 0.4) is 0 Å². The van der Waals surface area contributed by atoms with Crippen molar-refractivity contribution in [2.45, 2.75) is 51.5 Å². The summed E-state index contributed by atoms with van der Waals surface area (Å²) in [7, 11) is 0. The van der Waals surface area contributed by atoms with Crippen molar-refractivity contribution in [3.8, 4) is 0 Å². The Bertz CT molecular complexity index is 630. The number of hydrogen-bond donors (Lipinski definition) is 1. The summed E-state index contributed by atoms with van der Waals surface area (Å²) >= 11 is 1.48. The minimum Gasteiger partial charge on any atom is -0.353 e. The first kappa shape index (κ1) is 17.1. The van der Waals surface area contributed by atoms with Crippen LogP contribution in [0.4, 0.5) is 0 Å². The van der Waals surface area contributed by atoms with Crippen molar-refractivity contribution in [2.75, 3.05) is 13.1 Å². The van der Waals surface area contributed by atoms with E-state index in [-0.39, 0.29) is 23.8 Å². The summed E-state index contributed by atoms with van der Waals surface area (Å²) in [5.74, 6) is 2.56. The average Bonchev–Trinajstić information content (AvgIpc) is 3.38. The van der Waals surface area contributed by atoms with E-state index in [2.05, 4.69) is 12.2 Å². The van der Waals surface area contributed by atoms with Crippen LogP contribution < -0.4 is 5.32 Å². The average molecular weight is 361 g/mol. The predicted molar refractivity (Wildman–Crippen MR) is 99.5 cm³/mol. The molecule has 5 atom stereocenters. The Hall–Kier alpha value is -1.36. The van der Waals surface area contributed by atoms with Crippen molar-refractivity contribution in [1.29, 1.82) is 0 Å². The number of thiophene rings is 1. The van der Waals surface area contributed by atoms with E-state index in [0.29, 0.717) is 12.5 Å². The fourth-order valence-electron chi connectivity index (χ4n) is 5.29. The zero-order valence-corrected chi connectivity index (χ0v) is 15.8. The second-order valence-electron chi connectivity index (χ2n) is 8.20. The highest BCUT2D eigenvalue weighted by atomic mass is 32.1. The Morgan fingerprint density at radius 1 is 1.28 bits per heavy atom. The first-order valence-electron chi connectivity index (χ1n) is 9.75. The van der Waals surface area contributed by atoms with Gasteiger partial charge in [0, 0.05) is 19.1 Å². The van der Waals surface area contributed by atoms with Gasteiger partial charge >= 0.3 is 0 Å². The maximum atomic E-state index is 12.8. The second-order valence-corrected chi connectivity index (χ2v) is 9.15. The van der Waals surface area contributed by atoms with Gasteiger partial charge in [-0.2, -0.15) is 0 Å². The third-order valence-corrected chi connectivity index (χ3v) is 7.47. The lowest BCUT2D eigenvalue weighted by Gasteiger charge is -2.34. The molecule has 25 heavy (non-hydrogen) atoms. The van der Waals surface area contributed by atoms with Gasteiger partial charge in [-0.3, -0.25) is 9.59 Å². The van der Waals surface area contributed by atoms with Crippen LogP contribution in [0.5, 0.6) is 0 Å². The summed E-state index contributed by atoms with van der Waals surface area (Å²) in [6.07, 6.45) is 7.21. The Balaban J connectivity index is 1.33. The zero-order valence-electron chi connectivity index (χ0n) is 14.9. The van der Waals surface area contributed by atoms with E-state index in [9.17, 15) is 9.59 Å². The predicted octanol–water partition coefficient (Wildman–Crippen LogP) is 3.54. The molecular weight excluding hydrogens is 332 g/mol. The highest BCUT2D eigenvalue weighted by molar-refractivity contribution is 7.12. The minimum absolute atomic E-state index is 0.0568. The number of hydrogen-bond acceptors (Lipinski definition) is 3. The number of amides is 2. The molecule has 4 nitrogen and oxygen atoms in total. The van der Waals surface area contributed by atoms with E-state index in [0.717, 1.165) is 36.1 Å². The summed E-state index contributed by atoms with van der Waals surface area (Å²) in [5, 5.41) is 5.23. The highest BCUT2D eigenvalue weighted by Gasteiger charge is 2.42. The van der Waals surface area contributed by atoms with Crippen molar-refractivity contribution in [2.24, 2.45) is 23.7 Å². The summed E-state index contributed by atoms with van der Waals surface area (Å²) in [5.41, 5.74) is 0. The van der Waals surface area contributed by atoms with Gasteiger partial charge in [-0.25, -0.2) is 0 Å². The van der Waals surface area contributed by atoms with E-state index < -0.39 is 0 Å². The molecule has 0 spiro atoms. The van der Waals surface area contributed by atoms with Gasteiger partial charge < -0.3 is 10.2 Å². The molecule has 0 unspecified atom stereocenters. The molecule has 0 aromatic carbocycles. The zero-order chi connectivity index (χ0) is 17.4. The number of carbonyl (C=O) groups is 2. The molecule has 2 heterocycles. The Morgan fingerprint density at radius 2 is 2.16 bits per heavy atom. The lowest BCUT2D eigenvalue weighted by Crippen LogP contribution is -2.48. The van der Waals surface area contributed by atoms with Gasteiger partial charge in [0.05, 0.1) is 10.8 Å². The molecule has 0 radical (unpaired) electrons. The van der Waals surface area contributed by atoms with E-state index in [1.54, 1.807) is 0 Å². The molecule has 1 saturated heterocycles. The number of piperidine rings is 1. The van der Waals surface area contributed by atoms with Crippen LogP contribution in [0, 0.1) is 23.7 Å². The first-order chi connectivity index (χ1) is 12.1. The molecule has 4 rings (SSSR count). The van der Waals surface area contributed by atoms with Crippen LogP contribution in [-0.4, -0.2) is 35.8 Å². The Labute approximate surface area is 154 Å². The number of rotatable bonds is 4. The Kier molecular flexibility index (Phi) is 4.85. The molecular formula is C20H28N2O2S. The number of carbonyl (C=O) groups excluding carboxylic acids is 2. The topological polar surface area (TPSA) is 49.4 Å². The number of nitrogens with zero attached hydrogens (tertiary/aromatic N) is 1. The standard InChI is InChI=1S/C20H28N2O2S/c1-13(17-11-14-6-7-15(17)10-14)21-19(23)16-4-2-8-22(12-16)20(24)18-5-3-9-25-18/h3,5,9,13-17H,2,4,6-8,10-12H2,1H3,(H,21,23)/t13-,14-,15-,16+,17+/m0/s1. The largest absolute Gasteiger partial charge is 0.353 e. The van der Waals surface area contributed by atoms with E-state index in [1.165, 1.54) is 37.0 Å². The van der Waals surface area contributed by atoms with Gasteiger partial charge in [0.2, 0.25) is 5.91 Å². The van der Waals surface area contributed by atoms with Gasteiger partial charge in [0.25, 0.3) is 5.91 Å². The van der Waals surface area contributed by atoms with E-state index >= 15 is 0 Å². The second kappa shape index (κ2) is 7.10. The molecule has 136 valence electrons. The number of likely N-dealkylation sites (tertiary alicyclic amines) is 1. The molecule has 1 aliphatic heterocycles. The maximum absolute atomic E-state index is 12.8. The molecule has 2 amide bonds. The van der Waals surface area contributed by atoms with Crippen LogP contribution in [0.25, 0.3) is 0 Å². The molecule has 2 aliphatic carbocycles. The van der Waals surface area contributed by atoms with Crippen LogP contribution in [0.1, 0.15) is 55.1 Å². The molecule has 5 heteroatoms. The van der Waals surface area contributed by atoms with Crippen LogP contribution in [0.2, 0.25) is 0 Å². The van der Waals surface area contributed by atoms with Crippen molar-refractivity contribution in [1.82, 2.24) is 10.2 Å². The third-order valence-electron chi connectivity index (χ3n) is 6.62. The van der Waals surface area contributed by atoms with Gasteiger partial charge in [-0.15, -0.1) is 11.3 Å². The number of nitrogens with one attached hydrogen (secondary N) is 1. The number of fused-ring (bicyclic) bond motifs is 2. The quantitative estimate of drug-likeness (QED) is 0.893. The minimum atomic E-state index is -0.0568. The van der Waals surface area contributed by atoms with Crippen molar-refractivity contribution in [3.63, 3.8) is 0 Å². The summed E-state index contributed by atoms with van der Waals surface area (Å²) in [6.45, 7) is 3.51. The smallest absolute Gasteiger partial charge is 0.263 e. The third kappa shape index (κ3) is 3.48. The molecule has 3 aliphatic rings. The normalized spacial score (nSPS) is 32.6. The van der Waals surface area contributed by atoms with Crippen LogP contribution in [0.15, 0.2) is 17.5 Å². The van der Waals surface area contributed by atoms with Gasteiger partial charge in [-0.05, 0) is 68.2 Å². The van der Waals surface area contributed by atoms with E-state index in [1.807, 2.05) is 22.4 Å². The summed E-state index contributed by atoms with van der Waals surface area (Å²) in [4.78, 5) is 28.0. The molecule has 2 bridgehead atoms. The molecule has 1 aromatic rings. The van der Waals surface area contributed by atoms with Crippen LogP contribution in [-0.2, 0) is 4.79 Å². The van der Waals surface area contributed by atoms with Gasteiger partial charge in [0.15, 0.2) is 0 Å². The first-order valence-corrected chi connectivity index (χ1v) is 10.6. The Morgan fingerprint density at radius 3 is 2.84 bits per heavy atom. The monoisotopic (exact) mass is 360 g/mol. The van der Waals surface area contributed by atoms with Crippen molar-refractivity contribution < 1.29 is 9.59 Å². The summed E-state index contributed by atoms with van der Waals surface area (Å²) in [6, 6.07) is 4.04. The molecule has 1 N–H and O–H groups in total. The molecule has 1 aromatic heterocycles. The van der Waals surface area contributed by atoms with Crippen molar-refractivity contribution >= 4 is 23.2 Å². The van der Waals surface area contributed by atoms with E-state index in [4.69, 9.17) is 0 Å². The maximum Gasteiger partial charge on any atom is 0.263 e. The van der Waals surface area contributed by atoms with Gasteiger partial charge in [-0.1, -0.05) is 12.5 Å². The molecule has 2 saturated carbocycles. The molecule has 3 fully saturated rings. The summed E-state index contributed by atoms with van der Waals surface area (Å²) < 4.78 is 0. The van der Waals surface area contributed by atoms with Gasteiger partial charge in [0.1, 0.15) is 0 Å². The lowest BCUT2D eigenvalue weighted by molar-refractivity contribution is -0.127. The van der Waals surface area contributed by atoms with Crippen LogP contribution >= 0.6 is 11.3 Å². The highest BCUT2D eigenvalue weighted by Crippen LogP contribution is 2.49.